The second-order valence-electron chi connectivity index (χ2n) is 25.9. The summed E-state index contributed by atoms with van der Waals surface area (Å²) < 4.78 is 82.2. The van der Waals surface area contributed by atoms with Crippen LogP contribution in [0, 0.1) is 17.8 Å². The fraction of sp³-hybridized carbons (Fsp3) is 0.807. The molecule has 4 amide bonds. The van der Waals surface area contributed by atoms with Crippen molar-refractivity contribution in [1.82, 2.24) is 21.3 Å². The van der Waals surface area contributed by atoms with Crippen molar-refractivity contribution in [2.45, 2.75) is 284 Å². The van der Waals surface area contributed by atoms with Gasteiger partial charge in [0, 0.05) is 12.4 Å². The summed E-state index contributed by atoms with van der Waals surface area (Å²) in [6, 6.07) is -3.00. The summed E-state index contributed by atoms with van der Waals surface area (Å²) in [5.41, 5.74) is -7.74. The van der Waals surface area contributed by atoms with Gasteiger partial charge in [0.25, 0.3) is 0 Å². The van der Waals surface area contributed by atoms with E-state index in [1.807, 2.05) is 13.8 Å². The molecular weight excluding hydrogens is 1230 g/mol. The Labute approximate surface area is 566 Å². The normalized spacial score (nSPS) is 13.2. The van der Waals surface area contributed by atoms with Crippen LogP contribution in [0.25, 0.3) is 0 Å². The van der Waals surface area contributed by atoms with Crippen LogP contribution in [0.15, 0.2) is 0 Å². The number of aliphatic hydroxyl groups excluding tert-OH is 1. The van der Waals surface area contributed by atoms with Gasteiger partial charge in [-0.15, -0.1) is 0 Å². The van der Waals surface area contributed by atoms with Crippen LogP contribution in [0.1, 0.15) is 208 Å². The van der Waals surface area contributed by atoms with Crippen molar-refractivity contribution in [3.63, 3.8) is 0 Å². The Morgan fingerprint density at radius 2 is 0.739 bits per heavy atom. The molecule has 0 aromatic rings. The van der Waals surface area contributed by atoms with Gasteiger partial charge in [0.05, 0.1) is 24.6 Å². The topological polar surface area (TPSA) is 380 Å². The summed E-state index contributed by atoms with van der Waals surface area (Å²) in [4.78, 5) is 121. The standard InChI is InChI=1S/C13H23NO4.C11H21NO3.2C10H19NO4.C7H15F3O3SSi.C4H6O3.2CH4.K/c1-8(2)11(10(16)7-9(3)15)14-12(17)18-13(4,5)6;1-7(2)9(8(3)13)12-10(14)15-11(4,5)6;1-6(12)8(7(2)13)11-9(14)15-10(3,4)5;1-6(2)7(8(12)13)11-9(14)15-10(3,4)5;1-6(2,3)15(4,5)13-14(11,12)7(8,9)10;1-3(5)2-4(6)7;;;/h8,11H,7H2,1-6H3,(H,14,17);7,9H,1-6H3,(H,12,14);6,8,12H,1-5H3,(H,11,14);6-7H,1-5H3,(H,11,14)(H,12,13);1-5H3;2H2,1H3,(H,6,7);2*1H4;/q;;;;;;;;+1/p-1/t11-;9-;6-,8+;7-;;;;;/m0010...../s1. The predicted molar refractivity (Wildman–Crippen MR) is 325 cm³/mol. The minimum atomic E-state index is -5.48. The van der Waals surface area contributed by atoms with Gasteiger partial charge in [0.2, 0.25) is 8.32 Å². The number of ether oxygens (including phenoxy) is 4. The minimum Gasteiger partial charge on any atom is -0.550 e. The molecule has 0 bridgehead atoms. The zero-order valence-corrected chi connectivity index (χ0v) is 61.2. The van der Waals surface area contributed by atoms with Gasteiger partial charge in [-0.25, -0.2) is 24.0 Å². The Hall–Kier alpha value is -4.12. The van der Waals surface area contributed by atoms with E-state index in [4.69, 9.17) is 24.1 Å². The largest absolute Gasteiger partial charge is 1.00 e. The average molecular weight is 1340 g/mol. The van der Waals surface area contributed by atoms with Crippen LogP contribution in [0.2, 0.25) is 18.1 Å². The van der Waals surface area contributed by atoms with Gasteiger partial charge < -0.3 is 64.2 Å². The van der Waals surface area contributed by atoms with E-state index in [9.17, 15) is 84.5 Å². The Bertz CT molecular complexity index is 2160. The number of alkyl carbamates (subject to hydrolysis) is 4. The van der Waals surface area contributed by atoms with E-state index in [1.54, 1.807) is 132 Å². The van der Waals surface area contributed by atoms with Crippen LogP contribution >= 0.6 is 0 Å². The molecule has 31 heteroatoms. The van der Waals surface area contributed by atoms with Crippen molar-refractivity contribution < 1.29 is 164 Å². The van der Waals surface area contributed by atoms with Gasteiger partial charge in [-0.05, 0) is 154 Å². The van der Waals surface area contributed by atoms with Crippen LogP contribution in [-0.2, 0) is 66.5 Å². The van der Waals surface area contributed by atoms with E-state index in [1.165, 1.54) is 47.7 Å². The fourth-order valence-corrected chi connectivity index (χ4v) is 8.75. The van der Waals surface area contributed by atoms with Crippen molar-refractivity contribution in [3.8, 4) is 0 Å². The minimum absolute atomic E-state index is 0. The van der Waals surface area contributed by atoms with E-state index < -0.39 is 124 Å². The van der Waals surface area contributed by atoms with Crippen LogP contribution in [-0.4, -0.2) is 150 Å². The zero-order valence-electron chi connectivity index (χ0n) is 56.2. The van der Waals surface area contributed by atoms with Crippen molar-refractivity contribution in [1.29, 1.82) is 0 Å². The third-order valence-electron chi connectivity index (χ3n) is 9.88. The second-order valence-corrected chi connectivity index (χ2v) is 32.4. The summed E-state index contributed by atoms with van der Waals surface area (Å²) >= 11 is 0. The number of Topliss-reactive ketones (excluding diaryl/α,β-unsaturated/α-hetero) is 5. The molecule has 516 valence electrons. The summed E-state index contributed by atoms with van der Waals surface area (Å²) in [5, 5.41) is 36.6. The molecule has 0 aromatic carbocycles. The van der Waals surface area contributed by atoms with E-state index in [0.29, 0.717) is 0 Å². The number of carbonyl (C=O) groups excluding carboxylic acids is 10. The molecule has 0 unspecified atom stereocenters. The van der Waals surface area contributed by atoms with Gasteiger partial charge in [-0.3, -0.25) is 24.0 Å². The molecule has 0 aliphatic carbocycles. The first kappa shape index (κ1) is 103. The van der Waals surface area contributed by atoms with Crippen molar-refractivity contribution in [3.05, 3.63) is 0 Å². The predicted octanol–water partition coefficient (Wildman–Crippen LogP) is 6.53. The first-order valence-electron chi connectivity index (χ1n) is 26.9. The Morgan fingerprint density at radius 3 is 0.909 bits per heavy atom. The fourth-order valence-electron chi connectivity index (χ4n) is 5.18. The van der Waals surface area contributed by atoms with Crippen molar-refractivity contribution >= 4 is 83.7 Å². The average Bonchev–Trinajstić information content (AvgIpc) is 3.19. The molecule has 0 rings (SSSR count). The van der Waals surface area contributed by atoms with Crippen LogP contribution in [0.5, 0.6) is 0 Å². The molecule has 0 saturated carbocycles. The number of hydrogen-bond donors (Lipinski definition) is 6. The Morgan fingerprint density at radius 1 is 0.489 bits per heavy atom. The molecule has 0 aliphatic rings. The number of alkyl halides is 3. The number of ketones is 5. The van der Waals surface area contributed by atoms with Crippen LogP contribution < -0.4 is 77.8 Å². The maximum atomic E-state index is 12.1. The molecule has 5 atom stereocenters. The first-order chi connectivity index (χ1) is 37.3. The molecule has 0 aliphatic heterocycles. The number of carbonyl (C=O) groups is 11. The summed E-state index contributed by atoms with van der Waals surface area (Å²) in [6.45, 7) is 46.3. The Kier molecular flexibility index (Phi) is 51.8. The van der Waals surface area contributed by atoms with Gasteiger partial charge in [0.1, 0.15) is 46.1 Å². The van der Waals surface area contributed by atoms with Gasteiger partial charge in [-0.2, -0.15) is 21.6 Å². The number of carboxylic acids is 2. The molecule has 0 spiro atoms. The number of aliphatic hydroxyl groups is 1. The molecular formula is C57H110F3KN4O21SSi. The summed E-state index contributed by atoms with van der Waals surface area (Å²) in [5.74, 6) is -3.83. The molecule has 0 radical (unpaired) electrons. The van der Waals surface area contributed by atoms with Crippen molar-refractivity contribution in [2.24, 2.45) is 17.8 Å². The molecule has 6 N–H and O–H groups in total. The molecule has 0 saturated heterocycles. The van der Waals surface area contributed by atoms with E-state index in [-0.39, 0.29) is 119 Å². The van der Waals surface area contributed by atoms with Crippen LogP contribution in [0.4, 0.5) is 32.3 Å². The smallest absolute Gasteiger partial charge is 0.550 e. The third-order valence-corrected chi connectivity index (χ3v) is 16.6. The van der Waals surface area contributed by atoms with Crippen molar-refractivity contribution in [2.75, 3.05) is 0 Å². The molecule has 88 heavy (non-hydrogen) atoms. The zero-order chi connectivity index (χ0) is 69.7. The number of aliphatic carboxylic acids is 2. The van der Waals surface area contributed by atoms with Gasteiger partial charge >= 0.3 is 97.4 Å². The summed E-state index contributed by atoms with van der Waals surface area (Å²) in [7, 11) is -8.43. The van der Waals surface area contributed by atoms with Gasteiger partial charge in [0.15, 0.2) is 17.3 Å². The number of amides is 4. The number of carboxylic acid groups (broad SMARTS) is 2. The summed E-state index contributed by atoms with van der Waals surface area (Å²) in [6.07, 6.45) is -4.17. The van der Waals surface area contributed by atoms with E-state index in [2.05, 4.69) is 25.1 Å². The van der Waals surface area contributed by atoms with Crippen LogP contribution in [0.3, 0.4) is 0 Å². The monoisotopic (exact) mass is 1340 g/mol. The third kappa shape index (κ3) is 58.3. The molecule has 0 heterocycles. The Balaban J connectivity index is -0.000000122. The number of rotatable bonds is 18. The van der Waals surface area contributed by atoms with Gasteiger partial charge in [-0.1, -0.05) is 77.2 Å². The second kappa shape index (κ2) is 44.4. The maximum Gasteiger partial charge on any atom is 1.00 e. The quantitative estimate of drug-likeness (QED) is 0.0367. The molecule has 25 nitrogen and oxygen atoms in total. The number of nitrogens with one attached hydrogen (secondary N) is 4. The first-order valence-corrected chi connectivity index (χ1v) is 31.2. The maximum absolute atomic E-state index is 12.1. The van der Waals surface area contributed by atoms with E-state index in [0.717, 1.165) is 0 Å². The van der Waals surface area contributed by atoms with E-state index >= 15 is 0 Å². The number of halogens is 3. The molecule has 0 aromatic heterocycles. The SMILES string of the molecule is C.C.CC(=O)CC(=O)[C@@H](NC(=O)OC(C)(C)C)C(C)C.CC(=O)CC(=O)[O-].CC(=O)[C@@H](NC(=O)OC(C)(C)C)C(C)C.CC(=O)[C@@H](NC(=O)OC(C)(C)C)[C@@H](C)O.CC(C)(C)[Si](C)(C)OS(=O)(=O)C(F)(F)F.CC(C)[C@H](NC(=O)OC(C)(C)C)C(=O)O.[K+]. The molecule has 0 fully saturated rings. The number of hydrogen-bond acceptors (Lipinski definition) is 20.